The highest BCUT2D eigenvalue weighted by atomic mass is 31.2. The van der Waals surface area contributed by atoms with Gasteiger partial charge in [-0.05, 0) is 26.7 Å². The van der Waals surface area contributed by atoms with Gasteiger partial charge in [0.25, 0.3) is 0 Å². The maximum atomic E-state index is 11.3. The lowest BCUT2D eigenvalue weighted by Crippen LogP contribution is -2.36. The Bertz CT molecular complexity index is 425. The molecule has 0 bridgehead atoms. The summed E-state index contributed by atoms with van der Waals surface area (Å²) in [5.41, 5.74) is 1.04. The Morgan fingerprint density at radius 3 is 2.05 bits per heavy atom. The standard InChI is InChI=1S/C10H21NO7P2/c1-8(2)4-3-5-9(12)11-7-6-10(19(13,14)15)20(16,17)18/h4,10H,3,5-7H2,1-2H3,(H,11,12)(H2,13,14,15)(H2,16,17,18)/p-4. The number of allylic oxidation sites excluding steroid dienone is 2. The van der Waals surface area contributed by atoms with Gasteiger partial charge >= 0.3 is 0 Å². The Hall–Kier alpha value is -0.490. The van der Waals surface area contributed by atoms with Crippen LogP contribution in [0, 0.1) is 0 Å². The van der Waals surface area contributed by atoms with E-state index in [4.69, 9.17) is 0 Å². The van der Waals surface area contributed by atoms with Crippen molar-refractivity contribution in [3.05, 3.63) is 11.6 Å². The summed E-state index contributed by atoms with van der Waals surface area (Å²) in [5, 5.41) is -0.255. The molecule has 0 aromatic carbocycles. The molecule has 0 aliphatic carbocycles. The molecule has 1 amide bonds. The van der Waals surface area contributed by atoms with E-state index >= 15 is 0 Å². The number of nitrogens with one attached hydrogen (secondary N) is 1. The molecular weight excluding hydrogens is 308 g/mol. The number of carbonyl (C=O) groups excluding carboxylic acids is 1. The average molecular weight is 325 g/mol. The molecule has 0 rings (SSSR count). The zero-order valence-electron chi connectivity index (χ0n) is 11.2. The Morgan fingerprint density at radius 2 is 1.65 bits per heavy atom. The third-order valence-electron chi connectivity index (χ3n) is 2.38. The van der Waals surface area contributed by atoms with E-state index in [2.05, 4.69) is 5.32 Å². The largest absolute Gasteiger partial charge is 0.810 e. The van der Waals surface area contributed by atoms with Crippen LogP contribution in [-0.2, 0) is 13.9 Å². The van der Waals surface area contributed by atoms with Crippen LogP contribution in [0.1, 0.15) is 33.1 Å². The first-order valence-electron chi connectivity index (χ1n) is 5.88. The van der Waals surface area contributed by atoms with Crippen molar-refractivity contribution in [2.75, 3.05) is 6.54 Å². The van der Waals surface area contributed by atoms with Gasteiger partial charge in [0, 0.05) is 18.4 Å². The zero-order chi connectivity index (χ0) is 16.0. The topological polar surface area (TPSA) is 155 Å². The van der Waals surface area contributed by atoms with E-state index in [1.807, 2.05) is 19.9 Å². The van der Waals surface area contributed by atoms with Crippen molar-refractivity contribution >= 4 is 21.1 Å². The molecule has 0 radical (unpaired) electrons. The number of carbonyl (C=O) groups is 1. The molecule has 0 saturated carbocycles. The van der Waals surface area contributed by atoms with Crippen LogP contribution in [0.25, 0.3) is 0 Å². The molecule has 118 valence electrons. The molecule has 0 heterocycles. The predicted molar refractivity (Wildman–Crippen MR) is 65.3 cm³/mol. The van der Waals surface area contributed by atoms with Crippen molar-refractivity contribution in [3.63, 3.8) is 0 Å². The summed E-state index contributed by atoms with van der Waals surface area (Å²) >= 11 is 0. The molecule has 1 N–H and O–H groups in total. The van der Waals surface area contributed by atoms with Crippen molar-refractivity contribution in [1.29, 1.82) is 0 Å². The second-order valence-corrected chi connectivity index (χ2v) is 8.33. The third-order valence-corrected chi connectivity index (χ3v) is 6.05. The second-order valence-electron chi connectivity index (χ2n) is 4.52. The fourth-order valence-electron chi connectivity index (χ4n) is 1.41. The van der Waals surface area contributed by atoms with Crippen molar-refractivity contribution < 1.29 is 33.5 Å². The maximum Gasteiger partial charge on any atom is 0.220 e. The highest BCUT2D eigenvalue weighted by Gasteiger charge is 2.17. The van der Waals surface area contributed by atoms with Crippen molar-refractivity contribution in [2.24, 2.45) is 0 Å². The first-order valence-corrected chi connectivity index (χ1v) is 9.10. The van der Waals surface area contributed by atoms with Crippen LogP contribution in [0.4, 0.5) is 0 Å². The molecule has 0 atom stereocenters. The summed E-state index contributed by atoms with van der Waals surface area (Å²) < 4.78 is 21.4. The molecule has 8 nitrogen and oxygen atoms in total. The minimum absolute atomic E-state index is 0.147. The van der Waals surface area contributed by atoms with Crippen LogP contribution in [0.2, 0.25) is 0 Å². The molecule has 0 aromatic rings. The summed E-state index contributed by atoms with van der Waals surface area (Å²) in [4.78, 5) is 54.0. The predicted octanol–water partition coefficient (Wildman–Crippen LogP) is -1.61. The van der Waals surface area contributed by atoms with E-state index in [0.717, 1.165) is 5.57 Å². The van der Waals surface area contributed by atoms with Gasteiger partial charge in [-0.15, -0.1) is 0 Å². The van der Waals surface area contributed by atoms with Crippen LogP contribution < -0.4 is 24.9 Å². The fourth-order valence-corrected chi connectivity index (χ4v) is 3.69. The first-order chi connectivity index (χ1) is 8.94. The van der Waals surface area contributed by atoms with Crippen LogP contribution in [0.15, 0.2) is 11.6 Å². The molecule has 0 spiro atoms. The van der Waals surface area contributed by atoms with E-state index in [9.17, 15) is 33.5 Å². The molecule has 0 aliphatic heterocycles. The SMILES string of the molecule is CC(C)=CCCC(=O)NCCC(P(=O)([O-])[O-])P(=O)([O-])[O-]. The molecule has 0 saturated heterocycles. The normalized spacial score (nSPS) is 12.3. The van der Waals surface area contributed by atoms with Crippen LogP contribution in [-0.4, -0.2) is 17.9 Å². The van der Waals surface area contributed by atoms with Crippen molar-refractivity contribution in [3.8, 4) is 0 Å². The Morgan fingerprint density at radius 1 is 1.15 bits per heavy atom. The highest BCUT2D eigenvalue weighted by molar-refractivity contribution is 7.68. The number of hydrogen-bond donors (Lipinski definition) is 1. The summed E-state index contributed by atoms with van der Waals surface area (Å²) in [6, 6.07) is 0. The minimum Gasteiger partial charge on any atom is -0.810 e. The maximum absolute atomic E-state index is 11.3. The highest BCUT2D eigenvalue weighted by Crippen LogP contribution is 2.51. The Kier molecular flexibility index (Phi) is 7.88. The molecule has 0 fully saturated rings. The van der Waals surface area contributed by atoms with E-state index in [0.29, 0.717) is 6.42 Å². The molecule has 20 heavy (non-hydrogen) atoms. The molecule has 0 aromatic heterocycles. The van der Waals surface area contributed by atoms with Gasteiger partial charge in [0.1, 0.15) is 0 Å². The molecule has 0 unspecified atom stereocenters. The van der Waals surface area contributed by atoms with Gasteiger partial charge in [0.05, 0.1) is 0 Å². The monoisotopic (exact) mass is 325 g/mol. The van der Waals surface area contributed by atoms with Gasteiger partial charge in [-0.25, -0.2) is 0 Å². The van der Waals surface area contributed by atoms with Crippen molar-refractivity contribution in [2.45, 2.75) is 38.5 Å². The Balaban J connectivity index is 4.27. The van der Waals surface area contributed by atoms with E-state index in [-0.39, 0.29) is 13.0 Å². The van der Waals surface area contributed by atoms with Crippen LogP contribution in [0.3, 0.4) is 0 Å². The minimum atomic E-state index is -5.54. The second kappa shape index (κ2) is 8.08. The van der Waals surface area contributed by atoms with E-state index < -0.39 is 32.9 Å². The summed E-state index contributed by atoms with van der Waals surface area (Å²) in [7, 11) is -11.1. The van der Waals surface area contributed by atoms with Crippen LogP contribution in [0.5, 0.6) is 0 Å². The summed E-state index contributed by atoms with van der Waals surface area (Å²) in [6.45, 7) is 3.37. The lowest BCUT2D eigenvalue weighted by Gasteiger charge is -2.49. The quantitative estimate of drug-likeness (QED) is 0.415. The van der Waals surface area contributed by atoms with Crippen LogP contribution >= 0.6 is 15.2 Å². The number of rotatable bonds is 8. The van der Waals surface area contributed by atoms with Crippen molar-refractivity contribution in [1.82, 2.24) is 5.32 Å². The zero-order valence-corrected chi connectivity index (χ0v) is 13.0. The fraction of sp³-hybridized carbons (Fsp3) is 0.700. The third kappa shape index (κ3) is 8.64. The van der Waals surface area contributed by atoms with Gasteiger partial charge in [-0.2, -0.15) is 0 Å². The average Bonchev–Trinajstić information content (AvgIpc) is 2.20. The van der Waals surface area contributed by atoms with E-state index in [1.165, 1.54) is 0 Å². The van der Waals surface area contributed by atoms with Gasteiger partial charge in [0.2, 0.25) is 5.91 Å². The summed E-state index contributed by atoms with van der Waals surface area (Å²) in [5.74, 6) is -0.417. The lowest BCUT2D eigenvalue weighted by molar-refractivity contribution is -0.330. The molecular formula is C10H17NO7P2-4. The van der Waals surface area contributed by atoms with Gasteiger partial charge < -0.3 is 34.0 Å². The van der Waals surface area contributed by atoms with E-state index in [1.54, 1.807) is 0 Å². The van der Waals surface area contributed by atoms with Gasteiger partial charge in [-0.1, -0.05) is 26.8 Å². The number of amides is 1. The van der Waals surface area contributed by atoms with Gasteiger partial charge in [-0.3, -0.25) is 4.79 Å². The molecule has 10 heteroatoms. The lowest BCUT2D eigenvalue weighted by atomic mass is 10.2. The Labute approximate surface area is 117 Å². The molecule has 0 aliphatic rings. The summed E-state index contributed by atoms with van der Waals surface area (Å²) in [6.07, 6.45) is 1.73. The smallest absolute Gasteiger partial charge is 0.220 e. The van der Waals surface area contributed by atoms with Gasteiger partial charge in [0.15, 0.2) is 0 Å². The first kappa shape index (κ1) is 19.5. The number of hydrogen-bond acceptors (Lipinski definition) is 7.